The number of hydrogen-bond donors (Lipinski definition) is 2. The normalized spacial score (nSPS) is 23.5. The Morgan fingerprint density at radius 1 is 1.20 bits per heavy atom. The van der Waals surface area contributed by atoms with Crippen molar-refractivity contribution in [3.05, 3.63) is 48.2 Å². The molecule has 2 fully saturated rings. The number of benzene rings is 1. The highest BCUT2D eigenvalue weighted by atomic mass is 32.1. The number of fused-ring (bicyclic) bond motifs is 3. The summed E-state index contributed by atoms with van der Waals surface area (Å²) < 4.78 is 5.91. The molecule has 7 nitrogen and oxygen atoms in total. The number of nitrogens with zero attached hydrogens (tertiary/aromatic N) is 3. The molecule has 2 bridgehead atoms. The number of pyridine rings is 1. The van der Waals surface area contributed by atoms with Crippen LogP contribution in [-0.4, -0.2) is 45.6 Å². The fourth-order valence-corrected chi connectivity index (χ4v) is 5.61. The van der Waals surface area contributed by atoms with Crippen molar-refractivity contribution in [1.29, 1.82) is 0 Å². The van der Waals surface area contributed by atoms with Gasteiger partial charge in [0.15, 0.2) is 0 Å². The van der Waals surface area contributed by atoms with E-state index in [9.17, 15) is 4.79 Å². The second-order valence-corrected chi connectivity index (χ2v) is 9.04. The summed E-state index contributed by atoms with van der Waals surface area (Å²) in [5.74, 6) is 0.788. The number of carbonyl (C=O) groups is 1. The SMILES string of the molecule is NC(=O)NC1CC2CC[C@@H](C1)N2CCc1ccc(Oc2nc3cccnc3s2)cc1. The zero-order valence-electron chi connectivity index (χ0n) is 16.7. The molecule has 2 amide bonds. The topological polar surface area (TPSA) is 93.4 Å². The minimum atomic E-state index is -0.405. The Hall–Kier alpha value is -2.71. The molecule has 2 unspecified atom stereocenters. The van der Waals surface area contributed by atoms with E-state index < -0.39 is 6.03 Å². The van der Waals surface area contributed by atoms with E-state index in [1.165, 1.54) is 29.7 Å². The van der Waals surface area contributed by atoms with Crippen LogP contribution in [0.15, 0.2) is 42.6 Å². The molecule has 0 aliphatic carbocycles. The van der Waals surface area contributed by atoms with Crippen LogP contribution in [0.25, 0.3) is 10.3 Å². The maximum atomic E-state index is 11.2. The number of urea groups is 1. The second kappa shape index (κ2) is 8.20. The molecule has 0 spiro atoms. The molecule has 5 rings (SSSR count). The highest BCUT2D eigenvalue weighted by molar-refractivity contribution is 7.19. The van der Waals surface area contributed by atoms with E-state index in [1.807, 2.05) is 24.3 Å². The van der Waals surface area contributed by atoms with E-state index in [-0.39, 0.29) is 6.04 Å². The number of carbonyl (C=O) groups excluding carboxylic acids is 1. The number of nitrogens with one attached hydrogen (secondary N) is 1. The van der Waals surface area contributed by atoms with Gasteiger partial charge in [-0.25, -0.2) is 14.8 Å². The number of amides is 2. The minimum Gasteiger partial charge on any atom is -0.431 e. The predicted molar refractivity (Wildman–Crippen MR) is 117 cm³/mol. The summed E-state index contributed by atoms with van der Waals surface area (Å²) in [4.78, 5) is 23.4. The number of rotatable bonds is 6. The van der Waals surface area contributed by atoms with E-state index in [4.69, 9.17) is 10.5 Å². The van der Waals surface area contributed by atoms with Crippen molar-refractivity contribution in [1.82, 2.24) is 20.2 Å². The summed E-state index contributed by atoms with van der Waals surface area (Å²) in [5.41, 5.74) is 7.46. The summed E-state index contributed by atoms with van der Waals surface area (Å²) in [6.45, 7) is 1.04. The molecule has 3 aromatic rings. The Bertz CT molecular complexity index is 990. The highest BCUT2D eigenvalue weighted by Crippen LogP contribution is 2.36. The monoisotopic (exact) mass is 423 g/mol. The Labute approximate surface area is 179 Å². The molecule has 1 aromatic carbocycles. The second-order valence-electron chi connectivity index (χ2n) is 8.10. The highest BCUT2D eigenvalue weighted by Gasteiger charge is 2.40. The van der Waals surface area contributed by atoms with Crippen molar-refractivity contribution in [3.63, 3.8) is 0 Å². The maximum Gasteiger partial charge on any atom is 0.312 e. The lowest BCUT2D eigenvalue weighted by molar-refractivity contribution is 0.121. The lowest BCUT2D eigenvalue weighted by Gasteiger charge is -2.39. The quantitative estimate of drug-likeness (QED) is 0.631. The first kappa shape index (κ1) is 19.3. The maximum absolute atomic E-state index is 11.2. The summed E-state index contributed by atoms with van der Waals surface area (Å²) in [6, 6.07) is 13.0. The van der Waals surface area contributed by atoms with Gasteiger partial charge in [-0.1, -0.05) is 23.5 Å². The van der Waals surface area contributed by atoms with Crippen LogP contribution in [-0.2, 0) is 6.42 Å². The fraction of sp³-hybridized carbons (Fsp3) is 0.409. The van der Waals surface area contributed by atoms with Crippen molar-refractivity contribution >= 4 is 27.7 Å². The van der Waals surface area contributed by atoms with Crippen LogP contribution in [0, 0.1) is 0 Å². The van der Waals surface area contributed by atoms with E-state index in [0.717, 1.165) is 41.9 Å². The number of primary amides is 1. The summed E-state index contributed by atoms with van der Waals surface area (Å²) in [6.07, 6.45) is 7.21. The van der Waals surface area contributed by atoms with E-state index >= 15 is 0 Å². The third kappa shape index (κ3) is 4.11. The number of thiazole rings is 1. The average Bonchev–Trinajstić information content (AvgIpc) is 3.24. The van der Waals surface area contributed by atoms with Gasteiger partial charge in [-0.3, -0.25) is 4.90 Å². The molecule has 2 aliphatic heterocycles. The van der Waals surface area contributed by atoms with Gasteiger partial charge in [-0.05, 0) is 61.9 Å². The van der Waals surface area contributed by atoms with Gasteiger partial charge in [-0.2, -0.15) is 0 Å². The van der Waals surface area contributed by atoms with Crippen LogP contribution < -0.4 is 15.8 Å². The largest absolute Gasteiger partial charge is 0.431 e. The van der Waals surface area contributed by atoms with Crippen LogP contribution in [0.2, 0.25) is 0 Å². The van der Waals surface area contributed by atoms with E-state index in [2.05, 4.69) is 32.3 Å². The molecule has 30 heavy (non-hydrogen) atoms. The summed E-state index contributed by atoms with van der Waals surface area (Å²) >= 11 is 1.45. The van der Waals surface area contributed by atoms with Gasteiger partial charge in [0.2, 0.25) is 0 Å². The van der Waals surface area contributed by atoms with Gasteiger partial charge >= 0.3 is 6.03 Å². The van der Waals surface area contributed by atoms with E-state index in [1.54, 1.807) is 6.20 Å². The van der Waals surface area contributed by atoms with Crippen molar-refractivity contribution in [2.45, 2.75) is 50.2 Å². The fourth-order valence-electron chi connectivity index (χ4n) is 4.84. The van der Waals surface area contributed by atoms with Gasteiger partial charge in [0, 0.05) is 30.9 Å². The zero-order valence-corrected chi connectivity index (χ0v) is 17.5. The van der Waals surface area contributed by atoms with Crippen LogP contribution >= 0.6 is 11.3 Å². The number of piperidine rings is 1. The number of nitrogens with two attached hydrogens (primary N) is 1. The van der Waals surface area contributed by atoms with Crippen molar-refractivity contribution < 1.29 is 9.53 Å². The lowest BCUT2D eigenvalue weighted by atomic mass is 9.96. The number of hydrogen-bond acceptors (Lipinski definition) is 6. The smallest absolute Gasteiger partial charge is 0.312 e. The molecule has 3 atom stereocenters. The van der Waals surface area contributed by atoms with Crippen molar-refractivity contribution in [3.8, 4) is 10.9 Å². The average molecular weight is 424 g/mol. The van der Waals surface area contributed by atoms with Crippen molar-refractivity contribution in [2.24, 2.45) is 5.73 Å². The first-order chi connectivity index (χ1) is 14.6. The molecule has 0 saturated carbocycles. The van der Waals surface area contributed by atoms with Crippen LogP contribution in [0.5, 0.6) is 10.9 Å². The Kier molecular flexibility index (Phi) is 5.26. The first-order valence-electron chi connectivity index (χ1n) is 10.4. The molecular formula is C22H25N5O2S. The number of aromatic nitrogens is 2. The molecule has 0 radical (unpaired) electrons. The molecule has 2 aromatic heterocycles. The van der Waals surface area contributed by atoms with Crippen LogP contribution in [0.4, 0.5) is 4.79 Å². The third-order valence-corrected chi connectivity index (χ3v) is 7.02. The van der Waals surface area contributed by atoms with Gasteiger partial charge in [0.25, 0.3) is 5.19 Å². The molecule has 2 saturated heterocycles. The molecule has 4 heterocycles. The summed E-state index contributed by atoms with van der Waals surface area (Å²) in [5, 5.41) is 3.51. The standard InChI is InChI=1S/C22H25N5O2S/c23-21(28)25-15-12-16-5-6-17(13-15)27(16)11-9-14-3-7-18(8-4-14)29-22-26-19-2-1-10-24-20(19)30-22/h1-4,7-8,10,15-17H,5-6,9,11-13H2,(H3,23,25,28)/t15?,16-,17?/m0/s1. The van der Waals surface area contributed by atoms with Gasteiger partial charge in [-0.15, -0.1) is 0 Å². The Morgan fingerprint density at radius 2 is 1.97 bits per heavy atom. The molecule has 8 heteroatoms. The summed E-state index contributed by atoms with van der Waals surface area (Å²) in [7, 11) is 0. The minimum absolute atomic E-state index is 0.227. The lowest BCUT2D eigenvalue weighted by Crippen LogP contribution is -2.51. The van der Waals surface area contributed by atoms with Gasteiger partial charge in [0.1, 0.15) is 16.1 Å². The van der Waals surface area contributed by atoms with E-state index in [0.29, 0.717) is 17.3 Å². The first-order valence-corrected chi connectivity index (χ1v) is 11.3. The van der Waals surface area contributed by atoms with Crippen LogP contribution in [0.1, 0.15) is 31.2 Å². The van der Waals surface area contributed by atoms with Gasteiger partial charge in [0.05, 0.1) is 0 Å². The number of ether oxygens (including phenoxy) is 1. The molecule has 156 valence electrons. The molecular weight excluding hydrogens is 398 g/mol. The Morgan fingerprint density at radius 3 is 2.67 bits per heavy atom. The third-order valence-electron chi connectivity index (χ3n) is 6.16. The predicted octanol–water partition coefficient (Wildman–Crippen LogP) is 3.69. The van der Waals surface area contributed by atoms with Gasteiger partial charge < -0.3 is 15.8 Å². The zero-order chi connectivity index (χ0) is 20.5. The Balaban J connectivity index is 1.16. The molecule has 3 N–H and O–H groups in total. The molecule has 2 aliphatic rings. The van der Waals surface area contributed by atoms with Crippen LogP contribution in [0.3, 0.4) is 0 Å². The van der Waals surface area contributed by atoms with Crippen molar-refractivity contribution in [2.75, 3.05) is 6.54 Å².